The Morgan fingerprint density at radius 1 is 1.31 bits per heavy atom. The minimum atomic E-state index is -0.260. The molecule has 26 heavy (non-hydrogen) atoms. The lowest BCUT2D eigenvalue weighted by Crippen LogP contribution is -2.37. The van der Waals surface area contributed by atoms with Gasteiger partial charge in [0.25, 0.3) is 0 Å². The molecule has 0 radical (unpaired) electrons. The second-order valence-electron chi connectivity index (χ2n) is 7.55. The Balaban J connectivity index is 1.48. The molecule has 2 aliphatic rings. The lowest BCUT2D eigenvalue weighted by molar-refractivity contribution is -0.124. The van der Waals surface area contributed by atoms with Gasteiger partial charge in [0, 0.05) is 31.0 Å². The van der Waals surface area contributed by atoms with Crippen LogP contribution in [0.2, 0.25) is 0 Å². The number of hydrogen-bond acceptors (Lipinski definition) is 6. The molecule has 1 N–H and O–H groups in total. The van der Waals surface area contributed by atoms with Crippen molar-refractivity contribution in [3.05, 3.63) is 35.9 Å². The van der Waals surface area contributed by atoms with Crippen LogP contribution in [0.4, 0.5) is 0 Å². The van der Waals surface area contributed by atoms with Gasteiger partial charge >= 0.3 is 0 Å². The first-order valence-electron chi connectivity index (χ1n) is 9.38. The van der Waals surface area contributed by atoms with Crippen LogP contribution < -0.4 is 5.32 Å². The summed E-state index contributed by atoms with van der Waals surface area (Å²) in [6.45, 7) is 5.44. The first-order valence-corrected chi connectivity index (χ1v) is 9.38. The maximum atomic E-state index is 12.8. The minimum absolute atomic E-state index is 0.0344. The molecule has 0 unspecified atom stereocenters. The molecule has 7 heteroatoms. The molecular weight excluding hydrogens is 334 g/mol. The van der Waals surface area contributed by atoms with Crippen LogP contribution in [0.3, 0.4) is 0 Å². The number of carbonyl (C=O) groups excluding carboxylic acids is 1. The van der Waals surface area contributed by atoms with Crippen LogP contribution in [0.1, 0.15) is 68.5 Å². The van der Waals surface area contributed by atoms with E-state index < -0.39 is 0 Å². The summed E-state index contributed by atoms with van der Waals surface area (Å²) in [5.74, 6) is 2.65. The van der Waals surface area contributed by atoms with Crippen molar-refractivity contribution in [2.24, 2.45) is 11.8 Å². The van der Waals surface area contributed by atoms with Crippen molar-refractivity contribution in [1.82, 2.24) is 15.5 Å². The van der Waals surface area contributed by atoms with Crippen LogP contribution in [-0.2, 0) is 9.53 Å². The van der Waals surface area contributed by atoms with E-state index in [1.165, 1.54) is 0 Å². The third-order valence-electron chi connectivity index (χ3n) is 5.31. The van der Waals surface area contributed by atoms with E-state index in [2.05, 4.69) is 15.5 Å². The Morgan fingerprint density at radius 2 is 2.12 bits per heavy atom. The second-order valence-corrected chi connectivity index (χ2v) is 7.55. The summed E-state index contributed by atoms with van der Waals surface area (Å²) >= 11 is 0. The Bertz CT molecular complexity index is 734. The van der Waals surface area contributed by atoms with Crippen LogP contribution in [0.25, 0.3) is 0 Å². The highest BCUT2D eigenvalue weighted by atomic mass is 16.5. The highest BCUT2D eigenvalue weighted by Crippen LogP contribution is 2.48. The Hall–Kier alpha value is -2.15. The first kappa shape index (κ1) is 17.3. The maximum Gasteiger partial charge on any atom is 0.249 e. The number of furan rings is 1. The molecule has 1 saturated carbocycles. The van der Waals surface area contributed by atoms with E-state index in [0.29, 0.717) is 24.9 Å². The predicted molar refractivity (Wildman–Crippen MR) is 92.4 cm³/mol. The van der Waals surface area contributed by atoms with Crippen molar-refractivity contribution in [2.75, 3.05) is 13.2 Å². The van der Waals surface area contributed by atoms with Gasteiger partial charge < -0.3 is 19.0 Å². The summed E-state index contributed by atoms with van der Waals surface area (Å²) in [6, 6.07) is 3.53. The van der Waals surface area contributed by atoms with Gasteiger partial charge in [-0.15, -0.1) is 0 Å². The van der Waals surface area contributed by atoms with Crippen LogP contribution in [-0.4, -0.2) is 29.3 Å². The number of ether oxygens (including phenoxy) is 1. The minimum Gasteiger partial charge on any atom is -0.469 e. The van der Waals surface area contributed by atoms with E-state index >= 15 is 0 Å². The highest BCUT2D eigenvalue weighted by Gasteiger charge is 2.47. The maximum absolute atomic E-state index is 12.8. The third-order valence-corrected chi connectivity index (χ3v) is 5.31. The fourth-order valence-corrected chi connectivity index (χ4v) is 3.60. The Morgan fingerprint density at radius 3 is 2.77 bits per heavy atom. The smallest absolute Gasteiger partial charge is 0.249 e. The predicted octanol–water partition coefficient (Wildman–Crippen LogP) is 3.17. The SMILES string of the molecule is CC(C)c1noc([C@H](NC(=O)[C@H]2C[C@@H]2c2ccco2)C2CCOCC2)n1. The number of aromatic nitrogens is 2. The molecule has 1 aliphatic heterocycles. The van der Waals surface area contributed by atoms with Crippen LogP contribution in [0.15, 0.2) is 27.3 Å². The molecule has 2 aromatic rings. The fourth-order valence-electron chi connectivity index (χ4n) is 3.60. The summed E-state index contributed by atoms with van der Waals surface area (Å²) in [6.07, 6.45) is 4.22. The molecule has 7 nitrogen and oxygen atoms in total. The Labute approximate surface area is 152 Å². The van der Waals surface area contributed by atoms with Crippen molar-refractivity contribution in [3.8, 4) is 0 Å². The molecule has 0 spiro atoms. The number of rotatable bonds is 6. The highest BCUT2D eigenvalue weighted by molar-refractivity contribution is 5.83. The van der Waals surface area contributed by atoms with Gasteiger partial charge in [0.05, 0.1) is 6.26 Å². The first-order chi connectivity index (χ1) is 12.6. The average Bonchev–Trinajstić information content (AvgIpc) is 3.07. The molecule has 2 aromatic heterocycles. The normalized spacial score (nSPS) is 24.6. The lowest BCUT2D eigenvalue weighted by atomic mass is 9.91. The van der Waals surface area contributed by atoms with Gasteiger partial charge in [-0.3, -0.25) is 4.79 Å². The van der Waals surface area contributed by atoms with Crippen LogP contribution >= 0.6 is 0 Å². The number of nitrogens with one attached hydrogen (secondary N) is 1. The molecule has 3 heterocycles. The topological polar surface area (TPSA) is 90.4 Å². The van der Waals surface area contributed by atoms with Gasteiger partial charge in [0.1, 0.15) is 11.8 Å². The molecule has 1 amide bonds. The number of amides is 1. The zero-order valence-electron chi connectivity index (χ0n) is 15.2. The zero-order chi connectivity index (χ0) is 18.1. The largest absolute Gasteiger partial charge is 0.469 e. The van der Waals surface area contributed by atoms with Crippen LogP contribution in [0.5, 0.6) is 0 Å². The van der Waals surface area contributed by atoms with Crippen molar-refractivity contribution in [1.29, 1.82) is 0 Å². The van der Waals surface area contributed by atoms with Gasteiger partial charge in [-0.2, -0.15) is 4.98 Å². The van der Waals surface area contributed by atoms with Gasteiger partial charge in [0.15, 0.2) is 5.82 Å². The molecule has 1 saturated heterocycles. The standard InChI is InChI=1S/C19H25N3O4/c1-11(2)17-21-19(26-22-17)16(12-5-8-24-9-6-12)20-18(23)14-10-13(14)15-4-3-7-25-15/h3-4,7,11-14,16H,5-6,8-10H2,1-2H3,(H,20,23)/t13-,14-,16+/m0/s1. The van der Waals surface area contributed by atoms with E-state index in [9.17, 15) is 4.79 Å². The van der Waals surface area contributed by atoms with Gasteiger partial charge in [-0.05, 0) is 37.3 Å². The van der Waals surface area contributed by atoms with Crippen molar-refractivity contribution < 1.29 is 18.5 Å². The molecule has 1 aliphatic carbocycles. The molecule has 3 atom stereocenters. The lowest BCUT2D eigenvalue weighted by Gasteiger charge is -2.28. The summed E-state index contributed by atoms with van der Waals surface area (Å²) in [5, 5.41) is 7.25. The summed E-state index contributed by atoms with van der Waals surface area (Å²) < 4.78 is 16.4. The van der Waals surface area contributed by atoms with Crippen molar-refractivity contribution in [2.45, 2.75) is 51.0 Å². The van der Waals surface area contributed by atoms with E-state index in [1.807, 2.05) is 26.0 Å². The molecular formula is C19H25N3O4. The van der Waals surface area contributed by atoms with Gasteiger partial charge in [-0.1, -0.05) is 19.0 Å². The van der Waals surface area contributed by atoms with E-state index in [1.54, 1.807) is 6.26 Å². The number of hydrogen-bond donors (Lipinski definition) is 1. The van der Waals surface area contributed by atoms with Gasteiger partial charge in [0.2, 0.25) is 11.8 Å². The molecule has 0 aromatic carbocycles. The van der Waals surface area contributed by atoms with Crippen molar-refractivity contribution in [3.63, 3.8) is 0 Å². The number of carbonyl (C=O) groups is 1. The van der Waals surface area contributed by atoms with Crippen molar-refractivity contribution >= 4 is 5.91 Å². The summed E-state index contributed by atoms with van der Waals surface area (Å²) in [7, 11) is 0. The van der Waals surface area contributed by atoms with E-state index in [4.69, 9.17) is 13.7 Å². The Kier molecular flexibility index (Phi) is 4.80. The number of nitrogens with zero attached hydrogens (tertiary/aromatic N) is 2. The quantitative estimate of drug-likeness (QED) is 0.852. The zero-order valence-corrected chi connectivity index (χ0v) is 15.2. The molecule has 2 fully saturated rings. The van der Waals surface area contributed by atoms with E-state index in [0.717, 1.165) is 25.0 Å². The van der Waals surface area contributed by atoms with Gasteiger partial charge in [-0.25, -0.2) is 0 Å². The monoisotopic (exact) mass is 359 g/mol. The average molecular weight is 359 g/mol. The van der Waals surface area contributed by atoms with E-state index in [-0.39, 0.29) is 35.6 Å². The fraction of sp³-hybridized carbons (Fsp3) is 0.632. The molecule has 4 rings (SSSR count). The van der Waals surface area contributed by atoms with Crippen LogP contribution in [0, 0.1) is 11.8 Å². The molecule has 0 bridgehead atoms. The third kappa shape index (κ3) is 3.53. The summed E-state index contributed by atoms with van der Waals surface area (Å²) in [4.78, 5) is 17.3. The second kappa shape index (κ2) is 7.23. The summed E-state index contributed by atoms with van der Waals surface area (Å²) in [5.41, 5.74) is 0. The molecule has 140 valence electrons.